The predicted molar refractivity (Wildman–Crippen MR) is 152 cm³/mol. The minimum Gasteiger partial charge on any atom is -0.477 e. The predicted octanol–water partition coefficient (Wildman–Crippen LogP) is 4.53. The second-order valence-electron chi connectivity index (χ2n) is 11.6. The molecule has 4 aromatic rings. The lowest BCUT2D eigenvalue weighted by Crippen LogP contribution is -2.38. The molecule has 2 bridgehead atoms. The number of carbonyl (C=O) groups excluding carboxylic acids is 1. The maximum absolute atomic E-state index is 13.7. The van der Waals surface area contributed by atoms with Crippen molar-refractivity contribution in [1.82, 2.24) is 24.3 Å². The van der Waals surface area contributed by atoms with E-state index in [-0.39, 0.29) is 18.1 Å². The summed E-state index contributed by atoms with van der Waals surface area (Å²) < 4.78 is 10.2. The minimum atomic E-state index is -0.227. The molecule has 40 heavy (non-hydrogen) atoms. The first-order valence-corrected chi connectivity index (χ1v) is 14.3. The Balaban J connectivity index is 1.28. The summed E-state index contributed by atoms with van der Waals surface area (Å²) in [5.74, 6) is 2.14. The van der Waals surface area contributed by atoms with Crippen LogP contribution >= 0.6 is 0 Å². The Morgan fingerprint density at radius 2 is 1.95 bits per heavy atom. The lowest BCUT2D eigenvalue weighted by molar-refractivity contribution is 0.0836. The topological polar surface area (TPSA) is 119 Å². The van der Waals surface area contributed by atoms with Crippen molar-refractivity contribution in [3.63, 3.8) is 0 Å². The first-order chi connectivity index (χ1) is 19.4. The van der Waals surface area contributed by atoms with Crippen LogP contribution < -0.4 is 15.4 Å². The normalized spacial score (nSPS) is 23.2. The summed E-state index contributed by atoms with van der Waals surface area (Å²) in [6.45, 7) is 3.26. The molecule has 10 nitrogen and oxygen atoms in total. The van der Waals surface area contributed by atoms with Gasteiger partial charge in [-0.2, -0.15) is 5.10 Å². The Bertz CT molecular complexity index is 1580. The number of pyridine rings is 1. The van der Waals surface area contributed by atoms with Crippen LogP contribution in [0, 0.1) is 18.8 Å². The molecule has 0 unspecified atom stereocenters. The highest BCUT2D eigenvalue weighted by Crippen LogP contribution is 2.41. The Morgan fingerprint density at radius 1 is 1.10 bits per heavy atom. The average molecular weight is 542 g/mol. The molecule has 1 amide bonds. The highest BCUT2D eigenvalue weighted by Gasteiger charge is 2.33. The van der Waals surface area contributed by atoms with E-state index in [0.29, 0.717) is 41.5 Å². The van der Waals surface area contributed by atoms with Crippen LogP contribution in [0.25, 0.3) is 22.3 Å². The molecule has 2 saturated carbocycles. The van der Waals surface area contributed by atoms with Gasteiger partial charge in [-0.25, -0.2) is 9.67 Å². The summed E-state index contributed by atoms with van der Waals surface area (Å²) in [4.78, 5) is 23.3. The third-order valence-corrected chi connectivity index (χ3v) is 8.50. The lowest BCUT2D eigenvalue weighted by Gasteiger charge is -2.32. The van der Waals surface area contributed by atoms with Crippen molar-refractivity contribution >= 4 is 28.6 Å². The summed E-state index contributed by atoms with van der Waals surface area (Å²) in [6, 6.07) is 10.1. The first-order valence-electron chi connectivity index (χ1n) is 14.3. The second-order valence-corrected chi connectivity index (χ2v) is 11.6. The van der Waals surface area contributed by atoms with E-state index in [1.165, 1.54) is 12.8 Å². The summed E-state index contributed by atoms with van der Waals surface area (Å²) >= 11 is 0. The molecule has 0 saturated heterocycles. The summed E-state index contributed by atoms with van der Waals surface area (Å²) in [7, 11) is 1.87. The van der Waals surface area contributed by atoms with Crippen LogP contribution in [0.3, 0.4) is 0 Å². The number of amides is 1. The Morgan fingerprint density at radius 3 is 2.75 bits per heavy atom. The fourth-order valence-electron chi connectivity index (χ4n) is 6.12. The van der Waals surface area contributed by atoms with E-state index < -0.39 is 0 Å². The van der Waals surface area contributed by atoms with E-state index in [1.54, 1.807) is 23.0 Å². The SMILES string of the molecule is Cc1cc2cc(n1)-c1cnn(C)c1OCCC[C@@H](C1CC1)Cn1c(nc3cc(NC4CC(O)C4)ccc31)NC2=O. The van der Waals surface area contributed by atoms with E-state index >= 15 is 0 Å². The second kappa shape index (κ2) is 9.92. The molecule has 2 fully saturated rings. The van der Waals surface area contributed by atoms with Crippen molar-refractivity contribution in [1.29, 1.82) is 0 Å². The molecule has 4 heterocycles. The van der Waals surface area contributed by atoms with Gasteiger partial charge in [-0.3, -0.25) is 15.1 Å². The van der Waals surface area contributed by atoms with Crippen LogP contribution in [-0.2, 0) is 13.6 Å². The standard InChI is InChI=1S/C30H35N7O3/c1-17-10-20-11-25(32-17)24-15-31-36(2)29(24)40-9-3-4-19(18-5-6-18)16-37-27-8-7-21(33-22-12-23(38)13-22)14-26(27)34-30(37)35-28(20)39/h7-8,10-11,14-15,18-19,22-23,33,38H,3-6,9,12-13,16H2,1-2H3,(H,34,35,39)/t19-,22?,23?/m1/s1. The van der Waals surface area contributed by atoms with Gasteiger partial charge in [0, 0.05) is 36.6 Å². The molecule has 3 N–H and O–H groups in total. The Labute approximate surface area is 232 Å². The van der Waals surface area contributed by atoms with Crippen molar-refractivity contribution < 1.29 is 14.6 Å². The van der Waals surface area contributed by atoms with Crippen molar-refractivity contribution in [3.8, 4) is 17.1 Å². The van der Waals surface area contributed by atoms with Crippen molar-refractivity contribution in [2.24, 2.45) is 18.9 Å². The van der Waals surface area contributed by atoms with E-state index in [4.69, 9.17) is 14.7 Å². The lowest BCUT2D eigenvalue weighted by atomic mass is 9.89. The molecule has 0 spiro atoms. The number of aromatic nitrogens is 5. The van der Waals surface area contributed by atoms with E-state index in [1.807, 2.05) is 20.0 Å². The number of benzene rings is 1. The van der Waals surface area contributed by atoms with Crippen LogP contribution in [-0.4, -0.2) is 54.1 Å². The molecule has 1 atom stereocenters. The molecule has 208 valence electrons. The van der Waals surface area contributed by atoms with Gasteiger partial charge in [0.15, 0.2) is 0 Å². The zero-order valence-electron chi connectivity index (χ0n) is 22.9. The monoisotopic (exact) mass is 541 g/mol. The number of anilines is 2. The van der Waals surface area contributed by atoms with Gasteiger partial charge in [0.25, 0.3) is 5.91 Å². The van der Waals surface area contributed by atoms with Gasteiger partial charge in [0.1, 0.15) is 0 Å². The number of aliphatic hydroxyl groups is 1. The Hall–Kier alpha value is -3.92. The van der Waals surface area contributed by atoms with Crippen molar-refractivity contribution in [2.75, 3.05) is 17.2 Å². The number of hydrogen-bond acceptors (Lipinski definition) is 7. The van der Waals surface area contributed by atoms with Crippen LogP contribution in [0.2, 0.25) is 0 Å². The number of fused-ring (bicyclic) bond motifs is 7. The third kappa shape index (κ3) is 4.81. The molecule has 0 radical (unpaired) electrons. The van der Waals surface area contributed by atoms with Crippen LogP contribution in [0.15, 0.2) is 36.5 Å². The number of aryl methyl sites for hydroxylation is 2. The van der Waals surface area contributed by atoms with Gasteiger partial charge in [-0.05, 0) is 87.6 Å². The zero-order valence-corrected chi connectivity index (χ0v) is 22.9. The summed E-state index contributed by atoms with van der Waals surface area (Å²) in [6.07, 6.45) is 7.48. The zero-order chi connectivity index (χ0) is 27.4. The van der Waals surface area contributed by atoms with Crippen molar-refractivity contribution in [2.45, 2.75) is 64.1 Å². The molecule has 1 aliphatic heterocycles. The van der Waals surface area contributed by atoms with Gasteiger partial charge in [-0.15, -0.1) is 0 Å². The fourth-order valence-corrected chi connectivity index (χ4v) is 6.12. The number of hydrogen-bond donors (Lipinski definition) is 3. The fraction of sp³-hybridized carbons (Fsp3) is 0.467. The van der Waals surface area contributed by atoms with E-state index in [0.717, 1.165) is 60.2 Å². The van der Waals surface area contributed by atoms with Crippen molar-refractivity contribution in [3.05, 3.63) is 47.8 Å². The van der Waals surface area contributed by atoms with Crippen LogP contribution in [0.4, 0.5) is 11.6 Å². The molecule has 7 rings (SSSR count). The molecule has 1 aromatic carbocycles. The number of carbonyl (C=O) groups is 1. The number of rotatable bonds is 3. The van der Waals surface area contributed by atoms with Gasteiger partial charge in [-0.1, -0.05) is 0 Å². The highest BCUT2D eigenvalue weighted by molar-refractivity contribution is 6.05. The Kier molecular flexibility index (Phi) is 6.22. The molecular formula is C30H35N7O3. The molecule has 10 heteroatoms. The van der Waals surface area contributed by atoms with E-state index in [9.17, 15) is 9.90 Å². The van der Waals surface area contributed by atoms with Gasteiger partial charge in [0.2, 0.25) is 11.8 Å². The van der Waals surface area contributed by atoms with Crippen LogP contribution in [0.5, 0.6) is 5.88 Å². The number of imidazole rings is 1. The minimum absolute atomic E-state index is 0.213. The third-order valence-electron chi connectivity index (χ3n) is 8.50. The smallest absolute Gasteiger partial charge is 0.258 e. The van der Waals surface area contributed by atoms with Gasteiger partial charge >= 0.3 is 0 Å². The maximum Gasteiger partial charge on any atom is 0.258 e. The number of nitrogens with zero attached hydrogens (tertiary/aromatic N) is 5. The molecule has 3 aromatic heterocycles. The maximum atomic E-state index is 13.7. The number of nitrogens with one attached hydrogen (secondary N) is 2. The summed E-state index contributed by atoms with van der Waals surface area (Å²) in [5.41, 5.74) is 5.50. The molecular weight excluding hydrogens is 506 g/mol. The highest BCUT2D eigenvalue weighted by atomic mass is 16.5. The average Bonchev–Trinajstić information content (AvgIpc) is 3.61. The van der Waals surface area contributed by atoms with E-state index in [2.05, 4.69) is 32.4 Å². The van der Waals surface area contributed by atoms with Gasteiger partial charge in [0.05, 0.1) is 41.2 Å². The summed E-state index contributed by atoms with van der Waals surface area (Å²) in [5, 5.41) is 20.7. The number of ether oxygens (including phenoxy) is 1. The van der Waals surface area contributed by atoms with Gasteiger partial charge < -0.3 is 19.7 Å². The first kappa shape index (κ1) is 25.1. The quantitative estimate of drug-likeness (QED) is 0.349. The molecule has 3 aliphatic rings. The molecule has 2 aliphatic carbocycles. The number of aliphatic hydroxyl groups excluding tert-OH is 1. The largest absolute Gasteiger partial charge is 0.477 e. The van der Waals surface area contributed by atoms with Crippen LogP contribution in [0.1, 0.15) is 54.6 Å².